The van der Waals surface area contributed by atoms with Gasteiger partial charge in [0.15, 0.2) is 5.13 Å². The van der Waals surface area contributed by atoms with Gasteiger partial charge in [-0.1, -0.05) is 42.5 Å². The van der Waals surface area contributed by atoms with E-state index in [0.717, 1.165) is 22.9 Å². The molecule has 0 fully saturated rings. The molecule has 2 nitrogen and oxygen atoms in total. The summed E-state index contributed by atoms with van der Waals surface area (Å²) < 4.78 is 0. The Kier molecular flexibility index (Phi) is 3.59. The van der Waals surface area contributed by atoms with E-state index in [1.54, 1.807) is 11.3 Å². The minimum absolute atomic E-state index is 0. The first-order chi connectivity index (χ1) is 9.40. The van der Waals surface area contributed by atoms with Crippen molar-refractivity contribution in [2.75, 3.05) is 5.32 Å². The molecule has 3 aromatic rings. The number of hydrogen-bond acceptors (Lipinski definition) is 3. The molecule has 100 valence electrons. The van der Waals surface area contributed by atoms with Crippen LogP contribution in [-0.2, 0) is 6.42 Å². The monoisotopic (exact) mass is 343 g/mol. The van der Waals surface area contributed by atoms with Gasteiger partial charge in [-0.05, 0) is 17.7 Å². The highest BCUT2D eigenvalue weighted by Gasteiger charge is 2.22. The van der Waals surface area contributed by atoms with Crippen LogP contribution in [0.4, 0.5) is 10.8 Å². The first-order valence-corrected chi connectivity index (χ1v) is 7.12. The third-order valence-corrected chi connectivity index (χ3v) is 4.32. The number of para-hydroxylation sites is 1. The molecule has 1 aliphatic rings. The number of thiazole rings is 1. The average Bonchev–Trinajstić information content (AvgIpc) is 2.97. The standard InChI is InChI=1S/C16H12N2S.BrH/c1-2-7-12(8-3-1)17-16-18-15-13-9-5-4-6-11(13)10-14(15)19-16;/h1-9H,10H2,(H,17,18);1H/p-1. The van der Waals surface area contributed by atoms with Crippen molar-refractivity contribution in [1.29, 1.82) is 0 Å². The van der Waals surface area contributed by atoms with Crippen molar-refractivity contribution in [3.05, 3.63) is 65.0 Å². The van der Waals surface area contributed by atoms with Gasteiger partial charge in [-0.15, -0.1) is 11.3 Å². The van der Waals surface area contributed by atoms with Gasteiger partial charge in [-0.2, -0.15) is 0 Å². The molecule has 1 heterocycles. The van der Waals surface area contributed by atoms with Crippen LogP contribution in [-0.4, -0.2) is 4.98 Å². The fourth-order valence-corrected chi connectivity index (χ4v) is 3.48. The number of rotatable bonds is 2. The van der Waals surface area contributed by atoms with Crippen LogP contribution in [0.25, 0.3) is 11.3 Å². The molecule has 0 radical (unpaired) electrons. The van der Waals surface area contributed by atoms with Gasteiger partial charge in [0.25, 0.3) is 0 Å². The Labute approximate surface area is 132 Å². The predicted octanol–water partition coefficient (Wildman–Crippen LogP) is 1.46. The molecule has 4 rings (SSSR count). The van der Waals surface area contributed by atoms with Crippen LogP contribution in [0, 0.1) is 0 Å². The van der Waals surface area contributed by atoms with Gasteiger partial charge in [0.05, 0.1) is 5.69 Å². The predicted molar refractivity (Wildman–Crippen MR) is 80.1 cm³/mol. The topological polar surface area (TPSA) is 24.9 Å². The molecule has 0 spiro atoms. The molecule has 1 N–H and O–H groups in total. The van der Waals surface area contributed by atoms with Crippen LogP contribution in [0.2, 0.25) is 0 Å². The van der Waals surface area contributed by atoms with Crippen LogP contribution in [0.1, 0.15) is 10.4 Å². The van der Waals surface area contributed by atoms with Crippen molar-refractivity contribution >= 4 is 22.2 Å². The van der Waals surface area contributed by atoms with E-state index in [1.807, 2.05) is 18.2 Å². The molecule has 0 bridgehead atoms. The van der Waals surface area contributed by atoms with E-state index in [9.17, 15) is 0 Å². The van der Waals surface area contributed by atoms with E-state index in [-0.39, 0.29) is 17.0 Å². The van der Waals surface area contributed by atoms with Gasteiger partial charge >= 0.3 is 0 Å². The van der Waals surface area contributed by atoms with Crippen LogP contribution in [0.3, 0.4) is 0 Å². The number of aromatic nitrogens is 1. The van der Waals surface area contributed by atoms with Gasteiger partial charge in [-0.3, -0.25) is 0 Å². The molecule has 0 amide bonds. The fraction of sp³-hybridized carbons (Fsp3) is 0.0625. The maximum absolute atomic E-state index is 4.73. The van der Waals surface area contributed by atoms with Crippen molar-refractivity contribution in [3.8, 4) is 11.3 Å². The Morgan fingerprint density at radius 2 is 1.70 bits per heavy atom. The number of nitrogens with zero attached hydrogens (tertiary/aromatic N) is 1. The SMILES string of the molecule is [Br-].c1ccc(Nc2nc3c(s2)Cc2ccccc2-3)cc1. The second-order valence-corrected chi connectivity index (χ2v) is 5.70. The van der Waals surface area contributed by atoms with Crippen LogP contribution in [0.5, 0.6) is 0 Å². The summed E-state index contributed by atoms with van der Waals surface area (Å²) >= 11 is 1.75. The number of hydrogen-bond donors (Lipinski definition) is 1. The van der Waals surface area contributed by atoms with Gasteiger partial charge in [0.1, 0.15) is 0 Å². The molecule has 0 aliphatic heterocycles. The van der Waals surface area contributed by atoms with Crippen LogP contribution >= 0.6 is 11.3 Å². The van der Waals surface area contributed by atoms with Gasteiger partial charge < -0.3 is 22.3 Å². The number of anilines is 2. The third-order valence-electron chi connectivity index (χ3n) is 3.35. The highest BCUT2D eigenvalue weighted by atomic mass is 79.9. The Bertz CT molecular complexity index is 737. The van der Waals surface area contributed by atoms with Gasteiger partial charge in [0.2, 0.25) is 0 Å². The molecular formula is C16H12BrN2S-. The Hall–Kier alpha value is -1.65. The van der Waals surface area contributed by atoms with Crippen molar-refractivity contribution < 1.29 is 17.0 Å². The summed E-state index contributed by atoms with van der Waals surface area (Å²) in [5.41, 5.74) is 4.92. The van der Waals surface area contributed by atoms with Crippen LogP contribution < -0.4 is 22.3 Å². The zero-order valence-electron chi connectivity index (χ0n) is 10.6. The highest BCUT2D eigenvalue weighted by Crippen LogP contribution is 2.41. The maximum atomic E-state index is 4.73. The van der Waals surface area contributed by atoms with E-state index in [1.165, 1.54) is 16.0 Å². The lowest BCUT2D eigenvalue weighted by atomic mass is 10.1. The molecule has 1 aromatic heterocycles. The molecule has 4 heteroatoms. The summed E-state index contributed by atoms with van der Waals surface area (Å²) in [6.07, 6.45) is 1.01. The summed E-state index contributed by atoms with van der Waals surface area (Å²) in [5.74, 6) is 0. The summed E-state index contributed by atoms with van der Waals surface area (Å²) in [6, 6.07) is 18.7. The Balaban J connectivity index is 0.00000121. The average molecular weight is 344 g/mol. The maximum Gasteiger partial charge on any atom is 0.187 e. The summed E-state index contributed by atoms with van der Waals surface area (Å²) in [4.78, 5) is 6.10. The van der Waals surface area contributed by atoms with Crippen molar-refractivity contribution in [2.45, 2.75) is 6.42 Å². The lowest BCUT2D eigenvalue weighted by Crippen LogP contribution is -3.00. The lowest BCUT2D eigenvalue weighted by Gasteiger charge is -2.02. The zero-order chi connectivity index (χ0) is 12.7. The number of fused-ring (bicyclic) bond motifs is 3. The van der Waals surface area contributed by atoms with Crippen molar-refractivity contribution in [1.82, 2.24) is 4.98 Å². The van der Waals surface area contributed by atoms with E-state index >= 15 is 0 Å². The summed E-state index contributed by atoms with van der Waals surface area (Å²) in [7, 11) is 0. The van der Waals surface area contributed by atoms with E-state index in [2.05, 4.69) is 41.7 Å². The normalized spacial score (nSPS) is 11.4. The number of halogens is 1. The van der Waals surface area contributed by atoms with E-state index in [4.69, 9.17) is 4.98 Å². The fourth-order valence-electron chi connectivity index (χ4n) is 2.46. The first-order valence-electron chi connectivity index (χ1n) is 6.30. The zero-order valence-corrected chi connectivity index (χ0v) is 13.0. The molecule has 0 saturated heterocycles. The van der Waals surface area contributed by atoms with Gasteiger partial charge in [-0.25, -0.2) is 4.98 Å². The van der Waals surface area contributed by atoms with Crippen molar-refractivity contribution in [2.24, 2.45) is 0 Å². The third kappa shape index (κ3) is 2.25. The second-order valence-electron chi connectivity index (χ2n) is 4.62. The summed E-state index contributed by atoms with van der Waals surface area (Å²) in [5, 5.41) is 4.35. The number of benzene rings is 2. The second kappa shape index (κ2) is 5.38. The molecule has 0 atom stereocenters. The lowest BCUT2D eigenvalue weighted by molar-refractivity contribution is -0.00000364. The Morgan fingerprint density at radius 1 is 0.950 bits per heavy atom. The minimum atomic E-state index is 0. The van der Waals surface area contributed by atoms with E-state index < -0.39 is 0 Å². The first kappa shape index (κ1) is 13.3. The van der Waals surface area contributed by atoms with Crippen LogP contribution in [0.15, 0.2) is 54.6 Å². The molecule has 20 heavy (non-hydrogen) atoms. The van der Waals surface area contributed by atoms with Crippen molar-refractivity contribution in [3.63, 3.8) is 0 Å². The smallest absolute Gasteiger partial charge is 0.187 e. The molecule has 0 unspecified atom stereocenters. The minimum Gasteiger partial charge on any atom is -1.00 e. The molecule has 1 aliphatic carbocycles. The molecule has 0 saturated carbocycles. The summed E-state index contributed by atoms with van der Waals surface area (Å²) in [6.45, 7) is 0. The highest BCUT2D eigenvalue weighted by molar-refractivity contribution is 7.16. The van der Waals surface area contributed by atoms with E-state index in [0.29, 0.717) is 0 Å². The quantitative estimate of drug-likeness (QED) is 0.596. The number of nitrogens with one attached hydrogen (secondary N) is 1. The largest absolute Gasteiger partial charge is 1.00 e. The molecule has 2 aromatic carbocycles. The Morgan fingerprint density at radius 3 is 2.55 bits per heavy atom. The van der Waals surface area contributed by atoms with Gasteiger partial charge in [0, 0.05) is 22.5 Å². The molecular weight excluding hydrogens is 332 g/mol.